The van der Waals surface area contributed by atoms with Gasteiger partial charge in [-0.1, -0.05) is 47.6 Å². The highest BCUT2D eigenvalue weighted by molar-refractivity contribution is 7.99. The smallest absolute Gasteiger partial charge is 0.157 e. The quantitative estimate of drug-likeness (QED) is 0.361. The van der Waals surface area contributed by atoms with Crippen molar-refractivity contribution in [1.82, 2.24) is 19.4 Å². The van der Waals surface area contributed by atoms with Crippen LogP contribution in [0.3, 0.4) is 0 Å². The number of fused-ring (bicyclic) bond motifs is 1. The second-order valence-corrected chi connectivity index (χ2v) is 11.1. The topological polar surface area (TPSA) is 98.4 Å². The number of halogens is 1. The lowest BCUT2D eigenvalue weighted by Gasteiger charge is -2.42. The monoisotopic (exact) mass is 501 g/mol. The molecule has 1 saturated heterocycles. The summed E-state index contributed by atoms with van der Waals surface area (Å²) in [6.07, 6.45) is 6.79. The molecule has 1 aliphatic carbocycles. The zero-order valence-corrected chi connectivity index (χ0v) is 20.6. The molecule has 4 aromatic heterocycles. The van der Waals surface area contributed by atoms with Gasteiger partial charge in [-0.25, -0.2) is 15.0 Å². The lowest BCUT2D eigenvalue weighted by atomic mass is 9.73. The van der Waals surface area contributed by atoms with Gasteiger partial charge in [0, 0.05) is 30.2 Å². The summed E-state index contributed by atoms with van der Waals surface area (Å²) in [5, 5.41) is 0.466. The van der Waals surface area contributed by atoms with Crippen LogP contribution in [0.25, 0.3) is 16.8 Å². The first-order valence-corrected chi connectivity index (χ1v) is 13.0. The molecule has 7 rings (SSSR count). The number of rotatable bonds is 3. The molecule has 4 N–H and O–H groups in total. The van der Waals surface area contributed by atoms with E-state index in [0.29, 0.717) is 10.8 Å². The summed E-state index contributed by atoms with van der Waals surface area (Å²) in [6.45, 7) is 1.88. The zero-order valence-electron chi connectivity index (χ0n) is 19.0. The van der Waals surface area contributed by atoms with Crippen molar-refractivity contribution in [2.75, 3.05) is 23.7 Å². The minimum Gasteiger partial charge on any atom is -0.382 e. The van der Waals surface area contributed by atoms with Crippen molar-refractivity contribution in [3.8, 4) is 0 Å². The Kier molecular flexibility index (Phi) is 4.68. The lowest BCUT2D eigenvalue weighted by molar-refractivity contribution is 0.187. The summed E-state index contributed by atoms with van der Waals surface area (Å²) in [5.74, 6) is 1.33. The number of nitrogen functional groups attached to an aromatic ring is 1. The van der Waals surface area contributed by atoms with Crippen molar-refractivity contribution < 1.29 is 0 Å². The first-order chi connectivity index (χ1) is 17.0. The van der Waals surface area contributed by atoms with Gasteiger partial charge in [0.05, 0.1) is 16.1 Å². The van der Waals surface area contributed by atoms with Crippen molar-refractivity contribution in [2.45, 2.75) is 35.1 Å². The number of hydrogen-bond acceptors (Lipinski definition) is 7. The molecule has 5 aromatic rings. The molecule has 0 bridgehead atoms. The molecule has 5 heterocycles. The van der Waals surface area contributed by atoms with Crippen LogP contribution < -0.4 is 16.4 Å². The first kappa shape index (κ1) is 21.2. The largest absolute Gasteiger partial charge is 0.382 e. The van der Waals surface area contributed by atoms with E-state index < -0.39 is 0 Å². The molecule has 0 radical (unpaired) electrons. The molecule has 35 heavy (non-hydrogen) atoms. The van der Waals surface area contributed by atoms with Crippen molar-refractivity contribution >= 4 is 51.8 Å². The number of anilines is 2. The van der Waals surface area contributed by atoms with Crippen LogP contribution in [0.2, 0.25) is 5.02 Å². The molecule has 176 valence electrons. The van der Waals surface area contributed by atoms with Crippen LogP contribution in [-0.2, 0) is 6.42 Å². The summed E-state index contributed by atoms with van der Waals surface area (Å²) in [4.78, 5) is 18.1. The van der Waals surface area contributed by atoms with Gasteiger partial charge in [-0.15, -0.1) is 0 Å². The number of nitrogens with zero attached hydrogens (tertiary/aromatic N) is 5. The Morgan fingerprint density at radius 2 is 1.86 bits per heavy atom. The standard InChI is InChI=1S/C26H24ClN7S/c27-21-18(7-10-30-23(21)29)35-19-5-6-20-32-24(17-14-31-25(19)34(17)20)33-11-8-26(9-12-33)13-15-3-1-2-4-16(15)22(26)28/h1-7,10,14,22H,8-9,11-13,28H2,(H2,29,30)/t22-/m1/s1. The molecule has 1 aliphatic heterocycles. The Morgan fingerprint density at radius 3 is 2.69 bits per heavy atom. The highest BCUT2D eigenvalue weighted by atomic mass is 35.5. The van der Waals surface area contributed by atoms with Gasteiger partial charge in [0.15, 0.2) is 11.5 Å². The highest BCUT2D eigenvalue weighted by Crippen LogP contribution is 2.51. The number of piperidine rings is 1. The number of benzene rings is 1. The molecular weight excluding hydrogens is 478 g/mol. The van der Waals surface area contributed by atoms with Gasteiger partial charge in [0.25, 0.3) is 0 Å². The number of pyridine rings is 2. The van der Waals surface area contributed by atoms with Crippen molar-refractivity contribution in [1.29, 1.82) is 0 Å². The molecule has 2 aliphatic rings. The number of aromatic nitrogens is 4. The molecule has 0 unspecified atom stereocenters. The number of imidazole rings is 2. The minimum atomic E-state index is 0.110. The minimum absolute atomic E-state index is 0.110. The third-order valence-electron chi connectivity index (χ3n) is 7.80. The van der Waals surface area contributed by atoms with E-state index in [1.807, 2.05) is 24.4 Å². The van der Waals surface area contributed by atoms with Crippen molar-refractivity contribution in [3.63, 3.8) is 0 Å². The Bertz CT molecular complexity index is 1570. The molecule has 1 fully saturated rings. The lowest BCUT2D eigenvalue weighted by Crippen LogP contribution is -2.44. The maximum absolute atomic E-state index is 6.78. The second kappa shape index (κ2) is 7.71. The third kappa shape index (κ3) is 3.13. The van der Waals surface area contributed by atoms with Crippen LogP contribution in [0.15, 0.2) is 64.6 Å². The van der Waals surface area contributed by atoms with Crippen molar-refractivity contribution in [2.24, 2.45) is 11.1 Å². The van der Waals surface area contributed by atoms with Gasteiger partial charge < -0.3 is 16.4 Å². The van der Waals surface area contributed by atoms with E-state index in [9.17, 15) is 0 Å². The van der Waals surface area contributed by atoms with E-state index in [-0.39, 0.29) is 11.5 Å². The van der Waals surface area contributed by atoms with Crippen molar-refractivity contribution in [3.05, 3.63) is 71.0 Å². The zero-order chi connectivity index (χ0) is 23.7. The van der Waals surface area contributed by atoms with E-state index in [0.717, 1.165) is 64.8 Å². The van der Waals surface area contributed by atoms with Crippen LogP contribution in [0.1, 0.15) is 30.0 Å². The summed E-state index contributed by atoms with van der Waals surface area (Å²) in [6, 6.07) is 14.7. The molecule has 1 atom stereocenters. The fourth-order valence-corrected chi connectivity index (χ4v) is 7.05. The van der Waals surface area contributed by atoms with Crippen LogP contribution in [0, 0.1) is 5.41 Å². The van der Waals surface area contributed by atoms with Gasteiger partial charge >= 0.3 is 0 Å². The Hall–Kier alpha value is -3.07. The van der Waals surface area contributed by atoms with E-state index in [4.69, 9.17) is 33.0 Å². The number of hydrogen-bond donors (Lipinski definition) is 2. The SMILES string of the molecule is Nc1nccc(Sc2ccc3nc(N4CCC5(CC4)Cc4ccccc4[C@H]5N)c4cnc2n34)c1Cl. The predicted octanol–water partition coefficient (Wildman–Crippen LogP) is 4.94. The normalized spacial score (nSPS) is 19.3. The Labute approximate surface area is 211 Å². The molecule has 0 amide bonds. The van der Waals surface area contributed by atoms with Crippen LogP contribution in [0.4, 0.5) is 11.6 Å². The maximum atomic E-state index is 6.78. The molecule has 1 spiro atoms. The summed E-state index contributed by atoms with van der Waals surface area (Å²) < 4.78 is 2.14. The molecular formula is C26H24ClN7S. The van der Waals surface area contributed by atoms with E-state index in [1.54, 1.807) is 6.20 Å². The third-order valence-corrected chi connectivity index (χ3v) is 9.40. The Balaban J connectivity index is 1.18. The first-order valence-electron chi connectivity index (χ1n) is 11.8. The predicted molar refractivity (Wildman–Crippen MR) is 140 cm³/mol. The Morgan fingerprint density at radius 1 is 1.03 bits per heavy atom. The number of nitrogens with two attached hydrogens (primary N) is 2. The maximum Gasteiger partial charge on any atom is 0.157 e. The molecule has 1 aromatic carbocycles. The summed E-state index contributed by atoms with van der Waals surface area (Å²) in [5.41, 5.74) is 18.4. The average molecular weight is 502 g/mol. The van der Waals surface area contributed by atoms with Crippen LogP contribution in [-0.4, -0.2) is 32.4 Å². The average Bonchev–Trinajstić information content (AvgIpc) is 3.55. The van der Waals surface area contributed by atoms with Gasteiger partial charge in [0.1, 0.15) is 17.0 Å². The van der Waals surface area contributed by atoms with Crippen LogP contribution >= 0.6 is 23.4 Å². The van der Waals surface area contributed by atoms with Gasteiger partial charge in [-0.2, -0.15) is 0 Å². The molecule has 0 saturated carbocycles. The van der Waals surface area contributed by atoms with Gasteiger partial charge in [-0.05, 0) is 54.0 Å². The van der Waals surface area contributed by atoms with E-state index >= 15 is 0 Å². The van der Waals surface area contributed by atoms with Gasteiger partial charge in [0.2, 0.25) is 0 Å². The molecule has 9 heteroatoms. The fourth-order valence-electron chi connectivity index (χ4n) is 5.89. The van der Waals surface area contributed by atoms with E-state index in [2.05, 4.69) is 38.6 Å². The molecule has 7 nitrogen and oxygen atoms in total. The summed E-state index contributed by atoms with van der Waals surface area (Å²) >= 11 is 7.92. The fraction of sp³-hybridized carbons (Fsp3) is 0.269. The van der Waals surface area contributed by atoms with E-state index in [1.165, 1.54) is 22.9 Å². The second-order valence-electron chi connectivity index (χ2n) is 9.61. The van der Waals surface area contributed by atoms with Crippen LogP contribution in [0.5, 0.6) is 0 Å². The highest BCUT2D eigenvalue weighted by Gasteiger charge is 2.46. The summed E-state index contributed by atoms with van der Waals surface area (Å²) in [7, 11) is 0. The van der Waals surface area contributed by atoms with Gasteiger partial charge in [-0.3, -0.25) is 4.40 Å².